The van der Waals surface area contributed by atoms with Crippen molar-refractivity contribution in [3.8, 4) is 0 Å². The van der Waals surface area contributed by atoms with Crippen LogP contribution in [0.4, 0.5) is 23.2 Å². The first-order valence-corrected chi connectivity index (χ1v) is 6.81. The molecule has 1 fully saturated rings. The van der Waals surface area contributed by atoms with E-state index in [1.807, 2.05) is 0 Å². The number of nitrogens with one attached hydrogen (secondary N) is 2. The number of alkyl halides is 3. The summed E-state index contributed by atoms with van der Waals surface area (Å²) in [6.07, 6.45) is -1.09. The van der Waals surface area contributed by atoms with Gasteiger partial charge in [0.25, 0.3) is 5.92 Å². The van der Waals surface area contributed by atoms with Gasteiger partial charge in [0.2, 0.25) is 0 Å². The van der Waals surface area contributed by atoms with Gasteiger partial charge in [-0.1, -0.05) is 12.2 Å². The van der Waals surface area contributed by atoms with Gasteiger partial charge in [-0.05, 0) is 32.0 Å². The highest BCUT2D eigenvalue weighted by Gasteiger charge is 2.61. The second-order valence-electron chi connectivity index (χ2n) is 5.60. The molecule has 0 aliphatic carbocycles. The van der Waals surface area contributed by atoms with Gasteiger partial charge in [-0.25, -0.2) is 17.6 Å². The molecule has 2 nitrogen and oxygen atoms in total. The summed E-state index contributed by atoms with van der Waals surface area (Å²) >= 11 is 4.84. The number of benzene rings is 1. The molecule has 1 aromatic rings. The van der Waals surface area contributed by atoms with Crippen molar-refractivity contribution in [3.63, 3.8) is 0 Å². The normalized spacial score (nSPS) is 31.7. The van der Waals surface area contributed by atoms with Gasteiger partial charge in [0.15, 0.2) is 5.67 Å². The number of hydrogen-bond donors (Lipinski definition) is 2. The van der Waals surface area contributed by atoms with Crippen molar-refractivity contribution in [1.29, 1.82) is 0 Å². The van der Waals surface area contributed by atoms with Crippen LogP contribution in [0.2, 0.25) is 0 Å². The van der Waals surface area contributed by atoms with Crippen LogP contribution in [0.25, 0.3) is 0 Å². The zero-order chi connectivity index (χ0) is 16.1. The average Bonchev–Trinajstić information content (AvgIpc) is 2.36. The molecular formula is C14H16F4N2S. The molecule has 0 amide bonds. The van der Waals surface area contributed by atoms with Gasteiger partial charge >= 0.3 is 0 Å². The van der Waals surface area contributed by atoms with Crippen molar-refractivity contribution in [2.24, 2.45) is 0 Å². The Balaban J connectivity index is 2.57. The lowest BCUT2D eigenvalue weighted by Crippen LogP contribution is -2.66. The minimum Gasteiger partial charge on any atom is -0.388 e. The predicted octanol–water partition coefficient (Wildman–Crippen LogP) is 3.77. The summed E-state index contributed by atoms with van der Waals surface area (Å²) in [6.45, 7) is 2.13. The molecule has 0 radical (unpaired) electrons. The van der Waals surface area contributed by atoms with E-state index >= 15 is 0 Å². The molecule has 0 saturated carbocycles. The third-order valence-corrected chi connectivity index (χ3v) is 4.44. The molecule has 1 aliphatic rings. The molecule has 1 heterocycles. The summed E-state index contributed by atoms with van der Waals surface area (Å²) in [4.78, 5) is -0.342. The van der Waals surface area contributed by atoms with Crippen LogP contribution in [0.1, 0.15) is 25.8 Å². The molecule has 2 N–H and O–H groups in total. The van der Waals surface area contributed by atoms with Crippen LogP contribution in [0, 0.1) is 5.82 Å². The van der Waals surface area contributed by atoms with E-state index in [2.05, 4.69) is 10.6 Å². The van der Waals surface area contributed by atoms with E-state index in [9.17, 15) is 17.6 Å². The molecule has 21 heavy (non-hydrogen) atoms. The number of anilines is 1. The topological polar surface area (TPSA) is 24.1 Å². The largest absolute Gasteiger partial charge is 0.388 e. The van der Waals surface area contributed by atoms with Gasteiger partial charge in [-0.2, -0.15) is 0 Å². The molecule has 0 unspecified atom stereocenters. The molecular weight excluding hydrogens is 304 g/mol. The van der Waals surface area contributed by atoms with Crippen LogP contribution in [0.3, 0.4) is 0 Å². The van der Waals surface area contributed by atoms with Gasteiger partial charge in [0.05, 0.1) is 6.42 Å². The molecule has 1 aliphatic heterocycles. The number of halogens is 4. The minimum absolute atomic E-state index is 0.253. The standard InChI is InChI=1S/C14H16F4N2S/c1-12(16)7-14(17,18)13(2,20-11(12)21)9-6-8(19-3)4-5-10(9)15/h4-6,19H,7H2,1-3H3,(H,20,21)/t12-,13+/m0/s1. The lowest BCUT2D eigenvalue weighted by molar-refractivity contribution is -0.119. The van der Waals surface area contributed by atoms with Crippen LogP contribution in [-0.2, 0) is 5.54 Å². The molecule has 0 aromatic heterocycles. The van der Waals surface area contributed by atoms with Crippen LogP contribution < -0.4 is 10.6 Å². The van der Waals surface area contributed by atoms with Crippen LogP contribution in [0.15, 0.2) is 18.2 Å². The predicted molar refractivity (Wildman–Crippen MR) is 78.1 cm³/mol. The van der Waals surface area contributed by atoms with Crippen molar-refractivity contribution in [1.82, 2.24) is 5.32 Å². The van der Waals surface area contributed by atoms with Crippen LogP contribution in [-0.4, -0.2) is 23.6 Å². The van der Waals surface area contributed by atoms with E-state index in [0.717, 1.165) is 19.9 Å². The molecule has 1 saturated heterocycles. The zero-order valence-electron chi connectivity index (χ0n) is 11.9. The number of hydrogen-bond acceptors (Lipinski definition) is 2. The Morgan fingerprint density at radius 2 is 1.86 bits per heavy atom. The SMILES string of the molecule is CNc1ccc(F)c([C@@]2(C)NC(=S)[C@@](C)(F)CC2(F)F)c1. The minimum atomic E-state index is -3.51. The fraction of sp³-hybridized carbons (Fsp3) is 0.500. The van der Waals surface area contributed by atoms with Crippen LogP contribution >= 0.6 is 12.2 Å². The second-order valence-corrected chi connectivity index (χ2v) is 6.01. The van der Waals surface area contributed by atoms with Gasteiger partial charge in [0, 0.05) is 18.3 Å². The smallest absolute Gasteiger partial charge is 0.278 e. The van der Waals surface area contributed by atoms with Crippen molar-refractivity contribution in [2.75, 3.05) is 12.4 Å². The Morgan fingerprint density at radius 3 is 2.43 bits per heavy atom. The number of rotatable bonds is 2. The first kappa shape index (κ1) is 16.0. The Morgan fingerprint density at radius 1 is 1.24 bits per heavy atom. The Hall–Kier alpha value is -1.37. The molecule has 1 aromatic carbocycles. The quantitative estimate of drug-likeness (QED) is 0.641. The summed E-state index contributed by atoms with van der Waals surface area (Å²) in [5.74, 6) is -4.31. The third-order valence-electron chi connectivity index (χ3n) is 3.92. The fourth-order valence-corrected chi connectivity index (χ4v) is 2.73. The molecule has 2 rings (SSSR count). The lowest BCUT2D eigenvalue weighted by atomic mass is 9.76. The maximum Gasteiger partial charge on any atom is 0.278 e. The molecule has 0 bridgehead atoms. The van der Waals surface area contributed by atoms with E-state index in [1.54, 1.807) is 7.05 Å². The number of piperidine rings is 1. The van der Waals surface area contributed by atoms with Gasteiger partial charge < -0.3 is 10.6 Å². The number of thiocarbonyl (C=S) groups is 1. The van der Waals surface area contributed by atoms with Crippen molar-refractivity contribution in [3.05, 3.63) is 29.6 Å². The maximum absolute atomic E-state index is 14.5. The second kappa shape index (κ2) is 4.83. The van der Waals surface area contributed by atoms with E-state index in [4.69, 9.17) is 12.2 Å². The molecule has 116 valence electrons. The Labute approximate surface area is 125 Å². The highest BCUT2D eigenvalue weighted by molar-refractivity contribution is 7.80. The van der Waals surface area contributed by atoms with Crippen molar-refractivity contribution >= 4 is 22.9 Å². The lowest BCUT2D eigenvalue weighted by Gasteiger charge is -2.47. The third kappa shape index (κ3) is 2.47. The van der Waals surface area contributed by atoms with Gasteiger partial charge in [-0.15, -0.1) is 0 Å². The Bertz CT molecular complexity index is 588. The summed E-state index contributed by atoms with van der Waals surface area (Å²) < 4.78 is 57.1. The Kier molecular flexibility index (Phi) is 3.68. The van der Waals surface area contributed by atoms with Gasteiger partial charge in [0.1, 0.15) is 16.3 Å². The molecule has 0 spiro atoms. The summed E-state index contributed by atoms with van der Waals surface area (Å²) in [5, 5.41) is 5.08. The van der Waals surface area contributed by atoms with Crippen molar-refractivity contribution < 1.29 is 17.6 Å². The highest BCUT2D eigenvalue weighted by Crippen LogP contribution is 2.48. The van der Waals surface area contributed by atoms with Crippen LogP contribution in [0.5, 0.6) is 0 Å². The summed E-state index contributed by atoms with van der Waals surface area (Å²) in [5.41, 5.74) is -4.20. The molecule has 7 heteroatoms. The maximum atomic E-state index is 14.5. The first-order valence-electron chi connectivity index (χ1n) is 6.41. The van der Waals surface area contributed by atoms with E-state index in [-0.39, 0.29) is 10.6 Å². The van der Waals surface area contributed by atoms with Gasteiger partial charge in [-0.3, -0.25) is 0 Å². The summed E-state index contributed by atoms with van der Waals surface area (Å²) in [7, 11) is 1.59. The van der Waals surface area contributed by atoms with Crippen molar-refractivity contribution in [2.45, 2.75) is 37.4 Å². The summed E-state index contributed by atoms with van der Waals surface area (Å²) in [6, 6.07) is 3.80. The van der Waals surface area contributed by atoms with E-state index in [0.29, 0.717) is 5.69 Å². The monoisotopic (exact) mass is 320 g/mol. The van der Waals surface area contributed by atoms with E-state index < -0.39 is 29.4 Å². The average molecular weight is 320 g/mol. The zero-order valence-corrected chi connectivity index (χ0v) is 12.7. The highest BCUT2D eigenvalue weighted by atomic mass is 32.1. The van der Waals surface area contributed by atoms with E-state index in [1.165, 1.54) is 12.1 Å². The molecule has 2 atom stereocenters. The first-order chi connectivity index (χ1) is 9.53. The fourth-order valence-electron chi connectivity index (χ4n) is 2.45.